The number of furan rings is 1. The zero-order valence-corrected chi connectivity index (χ0v) is 5.20. The zero-order chi connectivity index (χ0) is 6.69. The van der Waals surface area contributed by atoms with E-state index in [2.05, 4.69) is 4.42 Å². The molecule has 0 aliphatic heterocycles. The third-order valence-electron chi connectivity index (χ3n) is 0.940. The topological polar surface area (TPSA) is 81.9 Å². The molecule has 1 aromatic heterocycles. The quantitative estimate of drug-likeness (QED) is 0.461. The predicted octanol–water partition coefficient (Wildman–Crippen LogP) is -1.29. The second-order valence-electron chi connectivity index (χ2n) is 1.56. The second kappa shape index (κ2) is 6.82. The molecule has 0 aliphatic carbocycles. The van der Waals surface area contributed by atoms with Crippen molar-refractivity contribution >= 4 is 43.5 Å². The van der Waals surface area contributed by atoms with Gasteiger partial charge >= 0.3 is 37.7 Å². The normalized spacial score (nSPS) is 7.73. The molecule has 5 heteroatoms. The number of hydrogen-bond acceptors (Lipinski definition) is 3. The number of carbonyl (C=O) groups excluding carboxylic acids is 1. The third-order valence-corrected chi connectivity index (χ3v) is 0.940. The van der Waals surface area contributed by atoms with Crippen molar-refractivity contribution in [2.45, 2.75) is 0 Å². The average molecular weight is 186 g/mol. The Balaban J connectivity index is 0. The van der Waals surface area contributed by atoms with Crippen molar-refractivity contribution in [2.75, 3.05) is 6.61 Å². The van der Waals surface area contributed by atoms with Crippen LogP contribution in [-0.2, 0) is 0 Å². The van der Waals surface area contributed by atoms with Gasteiger partial charge in [0.15, 0.2) is 5.76 Å². The van der Waals surface area contributed by atoms with Crippen LogP contribution in [0, 0.1) is 0 Å². The molecule has 0 spiro atoms. The van der Waals surface area contributed by atoms with Crippen LogP contribution >= 0.6 is 0 Å². The van der Waals surface area contributed by atoms with Crippen LogP contribution in [0.5, 0.6) is 0 Å². The Labute approximate surface area is 93.5 Å². The molecule has 0 fully saturated rings. The van der Waals surface area contributed by atoms with Gasteiger partial charge in [-0.05, 0) is 12.1 Å². The molecule has 3 N–H and O–H groups in total. The van der Waals surface area contributed by atoms with Crippen LogP contribution in [0.4, 0.5) is 0 Å². The van der Waals surface area contributed by atoms with E-state index in [1.54, 1.807) is 6.07 Å². The summed E-state index contributed by atoms with van der Waals surface area (Å²) in [6, 6.07) is 3.11. The van der Waals surface area contributed by atoms with E-state index in [0.29, 0.717) is 0 Å². The van der Waals surface area contributed by atoms with E-state index in [4.69, 9.17) is 5.11 Å². The predicted molar refractivity (Wildman–Crippen MR) is 42.3 cm³/mol. The van der Waals surface area contributed by atoms with Crippen molar-refractivity contribution in [1.82, 2.24) is 0 Å². The molecule has 11 heavy (non-hydrogen) atoms. The number of ketones is 1. The summed E-state index contributed by atoms with van der Waals surface area (Å²) in [6.07, 6.45) is 1.39. The third kappa shape index (κ3) is 3.88. The molecule has 0 saturated carbocycles. The molecule has 0 radical (unpaired) electrons. The van der Waals surface area contributed by atoms with Gasteiger partial charge in [-0.1, -0.05) is 0 Å². The van der Waals surface area contributed by atoms with E-state index >= 15 is 0 Å². The number of hydrogen-bond donors (Lipinski definition) is 1. The molecule has 4 nitrogen and oxygen atoms in total. The van der Waals surface area contributed by atoms with Crippen LogP contribution in [0.15, 0.2) is 22.8 Å². The van der Waals surface area contributed by atoms with Crippen molar-refractivity contribution in [3.8, 4) is 0 Å². The second-order valence-corrected chi connectivity index (χ2v) is 1.56. The fourth-order valence-corrected chi connectivity index (χ4v) is 0.515. The molecule has 0 amide bonds. The summed E-state index contributed by atoms with van der Waals surface area (Å²) in [7, 11) is 0. The van der Waals surface area contributed by atoms with E-state index in [9.17, 15) is 4.79 Å². The van der Waals surface area contributed by atoms with Gasteiger partial charge in [-0.2, -0.15) is 0 Å². The van der Waals surface area contributed by atoms with Gasteiger partial charge in [0.1, 0.15) is 6.61 Å². The molecule has 60 valence electrons. The van der Waals surface area contributed by atoms with Crippen molar-refractivity contribution < 1.29 is 19.8 Å². The number of aliphatic hydroxyl groups excluding tert-OH is 1. The summed E-state index contributed by atoms with van der Waals surface area (Å²) in [5.74, 6) is -0.183. The van der Waals surface area contributed by atoms with Crippen LogP contribution in [0.2, 0.25) is 0 Å². The van der Waals surface area contributed by atoms with E-state index in [0.717, 1.165) is 0 Å². The number of Topliss-reactive ketones (excluding diaryl/α,β-unsaturated/α-hetero) is 1. The first-order valence-corrected chi connectivity index (χ1v) is 2.52. The van der Waals surface area contributed by atoms with Crippen LogP contribution in [0.25, 0.3) is 0 Å². The van der Waals surface area contributed by atoms with Crippen LogP contribution in [0.1, 0.15) is 10.6 Å². The molecule has 0 aromatic carbocycles. The van der Waals surface area contributed by atoms with Gasteiger partial charge in [-0.25, -0.2) is 0 Å². The van der Waals surface area contributed by atoms with Gasteiger partial charge < -0.3 is 15.0 Å². The number of rotatable bonds is 2. The van der Waals surface area contributed by atoms with Crippen LogP contribution in [-0.4, -0.2) is 60.7 Å². The Morgan fingerprint density at radius 2 is 2.27 bits per heavy atom. The molecule has 0 atom stereocenters. The number of carbonyl (C=O) groups is 1. The van der Waals surface area contributed by atoms with Crippen molar-refractivity contribution in [3.05, 3.63) is 24.2 Å². The molecule has 0 saturated heterocycles. The van der Waals surface area contributed by atoms with Crippen molar-refractivity contribution in [3.63, 3.8) is 0 Å². The molecular formula is C6H10CaO4. The molecule has 0 bridgehead atoms. The molecular weight excluding hydrogens is 176 g/mol. The van der Waals surface area contributed by atoms with Crippen molar-refractivity contribution in [1.29, 1.82) is 0 Å². The standard InChI is InChI=1S/C6H6O3.Ca.H2O.2H/c7-4-5(8)6-2-1-3-9-6;;;;/h1-3,7H,4H2;;1H2;;. The maximum atomic E-state index is 10.5. The van der Waals surface area contributed by atoms with Gasteiger partial charge in [0.25, 0.3) is 0 Å². The van der Waals surface area contributed by atoms with Crippen LogP contribution in [0.3, 0.4) is 0 Å². The Kier molecular flexibility index (Phi) is 8.49. The Bertz CT molecular complexity index is 194. The average Bonchev–Trinajstić information content (AvgIpc) is 2.37. The zero-order valence-electron chi connectivity index (χ0n) is 5.20. The molecule has 1 rings (SSSR count). The Morgan fingerprint density at radius 3 is 2.64 bits per heavy atom. The first kappa shape index (κ1) is 13.7. The minimum absolute atomic E-state index is 0. The number of aliphatic hydroxyl groups is 1. The molecule has 0 aliphatic rings. The minimum atomic E-state index is -0.493. The summed E-state index contributed by atoms with van der Waals surface area (Å²) in [4.78, 5) is 10.5. The molecule has 1 aromatic rings. The first-order valence-electron chi connectivity index (χ1n) is 2.52. The fraction of sp³-hybridized carbons (Fsp3) is 0.167. The van der Waals surface area contributed by atoms with E-state index in [-0.39, 0.29) is 54.8 Å². The maximum absolute atomic E-state index is 10.5. The summed E-state index contributed by atoms with van der Waals surface area (Å²) in [5.41, 5.74) is 0. The van der Waals surface area contributed by atoms with Gasteiger partial charge in [0.05, 0.1) is 6.26 Å². The van der Waals surface area contributed by atoms with Crippen molar-refractivity contribution in [2.24, 2.45) is 0 Å². The van der Waals surface area contributed by atoms with E-state index in [1.165, 1.54) is 12.3 Å². The van der Waals surface area contributed by atoms with Gasteiger partial charge in [0, 0.05) is 0 Å². The fourth-order valence-electron chi connectivity index (χ4n) is 0.515. The Morgan fingerprint density at radius 1 is 1.64 bits per heavy atom. The summed E-state index contributed by atoms with van der Waals surface area (Å²) < 4.78 is 4.68. The summed E-state index contributed by atoms with van der Waals surface area (Å²) in [5, 5.41) is 8.30. The SMILES string of the molecule is O.O=C(CO)c1ccco1.[CaH2]. The van der Waals surface area contributed by atoms with Gasteiger partial charge in [-0.15, -0.1) is 0 Å². The van der Waals surface area contributed by atoms with Crippen LogP contribution < -0.4 is 0 Å². The Hall–Kier alpha value is 0.130. The van der Waals surface area contributed by atoms with Gasteiger partial charge in [0.2, 0.25) is 5.78 Å². The molecule has 1 heterocycles. The monoisotopic (exact) mass is 186 g/mol. The van der Waals surface area contributed by atoms with E-state index in [1.807, 2.05) is 0 Å². The first-order chi connectivity index (χ1) is 4.34. The van der Waals surface area contributed by atoms with Gasteiger partial charge in [-0.3, -0.25) is 4.79 Å². The van der Waals surface area contributed by atoms with E-state index < -0.39 is 6.61 Å². The summed E-state index contributed by atoms with van der Waals surface area (Å²) >= 11 is 0. The molecule has 0 unspecified atom stereocenters. The summed E-state index contributed by atoms with van der Waals surface area (Å²) in [6.45, 7) is -0.493.